The summed E-state index contributed by atoms with van der Waals surface area (Å²) in [7, 11) is 0. The van der Waals surface area contributed by atoms with E-state index in [0.717, 1.165) is 21.8 Å². The lowest BCUT2D eigenvalue weighted by Gasteiger charge is -2.02. The molecule has 3 aromatic heterocycles. The summed E-state index contributed by atoms with van der Waals surface area (Å²) in [5.41, 5.74) is 2.92. The largest absolute Gasteiger partial charge is 0.325 e. The molecule has 3 heterocycles. The molecule has 0 aromatic carbocycles. The smallest absolute Gasteiger partial charge is 0.266 e. The quantitative estimate of drug-likeness (QED) is 0.787. The molecule has 0 aliphatic rings. The highest BCUT2D eigenvalue weighted by Gasteiger charge is 2.11. The molecule has 0 saturated heterocycles. The molecule has 6 heteroatoms. The van der Waals surface area contributed by atoms with Crippen LogP contribution in [-0.2, 0) is 0 Å². The van der Waals surface area contributed by atoms with Crippen LogP contribution < -0.4 is 5.56 Å². The normalized spacial score (nSPS) is 10.3. The van der Waals surface area contributed by atoms with E-state index in [4.69, 9.17) is 5.26 Å². The first-order valence-electron chi connectivity index (χ1n) is 6.19. The van der Waals surface area contributed by atoms with Crippen molar-refractivity contribution < 1.29 is 0 Å². The minimum Gasteiger partial charge on any atom is -0.325 e. The summed E-state index contributed by atoms with van der Waals surface area (Å²) in [6.45, 7) is 1.79. The van der Waals surface area contributed by atoms with Crippen LogP contribution in [0.2, 0.25) is 0 Å². The predicted molar refractivity (Wildman–Crippen MR) is 80.9 cm³/mol. The Bertz CT molecular complexity index is 890. The number of nitriles is 1. The van der Waals surface area contributed by atoms with Crippen LogP contribution in [0.3, 0.4) is 0 Å². The number of hydrogen-bond acceptors (Lipinski definition) is 5. The molecule has 3 rings (SSSR count). The number of aromatic amines is 1. The minimum absolute atomic E-state index is 0.0917. The van der Waals surface area contributed by atoms with Crippen LogP contribution in [0.5, 0.6) is 0 Å². The fraction of sp³-hybridized carbons (Fsp3) is 0.0667. The van der Waals surface area contributed by atoms with Crippen molar-refractivity contribution in [2.75, 3.05) is 0 Å². The van der Waals surface area contributed by atoms with Crippen molar-refractivity contribution in [2.24, 2.45) is 0 Å². The third-order valence-corrected chi connectivity index (χ3v) is 3.96. The zero-order valence-corrected chi connectivity index (χ0v) is 11.9. The highest BCUT2D eigenvalue weighted by atomic mass is 32.1. The number of pyridine rings is 2. The Morgan fingerprint density at radius 2 is 2.10 bits per heavy atom. The maximum Gasteiger partial charge on any atom is 0.266 e. The molecule has 0 fully saturated rings. The summed E-state index contributed by atoms with van der Waals surface area (Å²) in [6.07, 6.45) is 3.44. The van der Waals surface area contributed by atoms with E-state index < -0.39 is 0 Å². The number of H-pyrrole nitrogens is 1. The maximum atomic E-state index is 11.6. The van der Waals surface area contributed by atoms with Gasteiger partial charge >= 0.3 is 0 Å². The van der Waals surface area contributed by atoms with E-state index in [2.05, 4.69) is 15.0 Å². The van der Waals surface area contributed by atoms with Gasteiger partial charge in [0.05, 0.1) is 5.69 Å². The summed E-state index contributed by atoms with van der Waals surface area (Å²) in [4.78, 5) is 22.8. The van der Waals surface area contributed by atoms with Gasteiger partial charge in [0.1, 0.15) is 16.6 Å². The monoisotopic (exact) mass is 294 g/mol. The van der Waals surface area contributed by atoms with Crippen LogP contribution in [0, 0.1) is 18.3 Å². The van der Waals surface area contributed by atoms with Gasteiger partial charge in [-0.3, -0.25) is 9.78 Å². The lowest BCUT2D eigenvalue weighted by atomic mass is 10.1. The average molecular weight is 294 g/mol. The Morgan fingerprint density at radius 1 is 1.33 bits per heavy atom. The average Bonchev–Trinajstić information content (AvgIpc) is 2.98. The molecular weight excluding hydrogens is 284 g/mol. The van der Waals surface area contributed by atoms with E-state index in [0.29, 0.717) is 5.69 Å². The van der Waals surface area contributed by atoms with Crippen LogP contribution in [0.1, 0.15) is 11.3 Å². The molecule has 0 bridgehead atoms. The van der Waals surface area contributed by atoms with E-state index in [-0.39, 0.29) is 11.1 Å². The Hall–Kier alpha value is -2.78. The lowest BCUT2D eigenvalue weighted by molar-refractivity contribution is 1.13. The molecule has 0 saturated carbocycles. The molecule has 0 aliphatic heterocycles. The van der Waals surface area contributed by atoms with Crippen molar-refractivity contribution in [1.29, 1.82) is 5.26 Å². The standard InChI is InChI=1S/C15H10N4OS/c1-9-12(6-11(7-16)14(20)18-9)13-8-21-15(19-13)10-2-4-17-5-3-10/h2-6,8H,1H3,(H,18,20). The van der Waals surface area contributed by atoms with E-state index in [1.165, 1.54) is 11.3 Å². The van der Waals surface area contributed by atoms with E-state index in [9.17, 15) is 4.79 Å². The number of aromatic nitrogens is 3. The van der Waals surface area contributed by atoms with E-state index >= 15 is 0 Å². The molecule has 0 unspecified atom stereocenters. The summed E-state index contributed by atoms with van der Waals surface area (Å²) < 4.78 is 0. The summed E-state index contributed by atoms with van der Waals surface area (Å²) >= 11 is 1.51. The minimum atomic E-state index is -0.372. The van der Waals surface area contributed by atoms with Crippen molar-refractivity contribution in [3.63, 3.8) is 0 Å². The van der Waals surface area contributed by atoms with Crippen molar-refractivity contribution in [2.45, 2.75) is 6.92 Å². The molecular formula is C15H10N4OS. The van der Waals surface area contributed by atoms with Crippen molar-refractivity contribution >= 4 is 11.3 Å². The molecule has 21 heavy (non-hydrogen) atoms. The van der Waals surface area contributed by atoms with E-state index in [1.807, 2.05) is 23.6 Å². The second kappa shape index (κ2) is 5.31. The number of nitrogens with one attached hydrogen (secondary N) is 1. The zero-order valence-electron chi connectivity index (χ0n) is 11.1. The first-order chi connectivity index (χ1) is 10.2. The van der Waals surface area contributed by atoms with Crippen LogP contribution in [0.25, 0.3) is 21.8 Å². The summed E-state index contributed by atoms with van der Waals surface area (Å²) in [5, 5.41) is 11.8. The molecule has 3 aromatic rings. The van der Waals surface area contributed by atoms with E-state index in [1.54, 1.807) is 25.4 Å². The number of thiazole rings is 1. The van der Waals surface area contributed by atoms with Crippen molar-refractivity contribution in [3.8, 4) is 27.9 Å². The number of nitrogens with zero attached hydrogens (tertiary/aromatic N) is 3. The van der Waals surface area contributed by atoms with Crippen LogP contribution in [0.4, 0.5) is 0 Å². The number of hydrogen-bond donors (Lipinski definition) is 1. The Kier molecular flexibility index (Phi) is 3.34. The van der Waals surface area contributed by atoms with Gasteiger partial charge in [-0.1, -0.05) is 0 Å². The third kappa shape index (κ3) is 2.47. The SMILES string of the molecule is Cc1[nH]c(=O)c(C#N)cc1-c1csc(-c2ccncc2)n1. The van der Waals surface area contributed by atoms with Crippen molar-refractivity contribution in [1.82, 2.24) is 15.0 Å². The van der Waals surface area contributed by atoms with Gasteiger partial charge in [-0.2, -0.15) is 5.26 Å². The van der Waals surface area contributed by atoms with Crippen molar-refractivity contribution in [3.05, 3.63) is 57.6 Å². The zero-order chi connectivity index (χ0) is 14.8. The highest BCUT2D eigenvalue weighted by Crippen LogP contribution is 2.29. The second-order valence-electron chi connectivity index (χ2n) is 4.44. The Morgan fingerprint density at radius 3 is 2.81 bits per heavy atom. The van der Waals surface area contributed by atoms with Gasteiger partial charge < -0.3 is 4.98 Å². The van der Waals surface area contributed by atoms with Gasteiger partial charge in [0.15, 0.2) is 0 Å². The first kappa shape index (κ1) is 13.2. The fourth-order valence-electron chi connectivity index (χ4n) is 2.00. The van der Waals surface area contributed by atoms with Crippen LogP contribution in [0.15, 0.2) is 40.8 Å². The molecule has 0 spiro atoms. The molecule has 0 atom stereocenters. The summed E-state index contributed by atoms with van der Waals surface area (Å²) in [6, 6.07) is 7.26. The molecule has 0 radical (unpaired) electrons. The van der Waals surface area contributed by atoms with Crippen LogP contribution in [-0.4, -0.2) is 15.0 Å². The van der Waals surface area contributed by atoms with Gasteiger partial charge in [0.25, 0.3) is 5.56 Å². The fourth-order valence-corrected chi connectivity index (χ4v) is 2.82. The Balaban J connectivity index is 2.09. The summed E-state index contributed by atoms with van der Waals surface area (Å²) in [5.74, 6) is 0. The molecule has 102 valence electrons. The van der Waals surface area contributed by atoms with Gasteiger partial charge in [-0.25, -0.2) is 4.98 Å². The van der Waals surface area contributed by atoms with Crippen LogP contribution >= 0.6 is 11.3 Å². The topological polar surface area (TPSA) is 82.4 Å². The van der Waals surface area contributed by atoms with Gasteiger partial charge in [0.2, 0.25) is 0 Å². The Labute approximate surface area is 124 Å². The van der Waals surface area contributed by atoms with Gasteiger partial charge in [0, 0.05) is 34.6 Å². The predicted octanol–water partition coefficient (Wildman–Crippen LogP) is 2.74. The lowest BCUT2D eigenvalue weighted by Crippen LogP contribution is -2.11. The number of aryl methyl sites for hydroxylation is 1. The molecule has 1 N–H and O–H groups in total. The number of rotatable bonds is 2. The molecule has 0 amide bonds. The molecule has 5 nitrogen and oxygen atoms in total. The third-order valence-electron chi connectivity index (χ3n) is 3.07. The van der Waals surface area contributed by atoms with Gasteiger partial charge in [-0.15, -0.1) is 11.3 Å². The second-order valence-corrected chi connectivity index (χ2v) is 5.29. The maximum absolute atomic E-state index is 11.6. The van der Waals surface area contributed by atoms with Gasteiger partial charge in [-0.05, 0) is 25.1 Å². The first-order valence-corrected chi connectivity index (χ1v) is 7.07. The highest BCUT2D eigenvalue weighted by molar-refractivity contribution is 7.13. The molecule has 0 aliphatic carbocycles.